The molecule has 0 spiro atoms. The number of hydrogen-bond acceptors (Lipinski definition) is 2. The number of halogens is 1. The van der Waals surface area contributed by atoms with Crippen molar-refractivity contribution >= 4 is 12.4 Å². The van der Waals surface area contributed by atoms with Crippen molar-refractivity contribution < 1.29 is 0 Å². The van der Waals surface area contributed by atoms with Crippen LogP contribution in [-0.4, -0.2) is 36.6 Å². The van der Waals surface area contributed by atoms with Gasteiger partial charge < -0.3 is 5.32 Å². The lowest BCUT2D eigenvalue weighted by atomic mass is 9.86. The van der Waals surface area contributed by atoms with E-state index in [4.69, 9.17) is 0 Å². The topological polar surface area (TPSA) is 15.3 Å². The first-order chi connectivity index (χ1) is 7.77. The van der Waals surface area contributed by atoms with Gasteiger partial charge in [0, 0.05) is 25.2 Å². The van der Waals surface area contributed by atoms with Crippen LogP contribution < -0.4 is 5.32 Å². The summed E-state index contributed by atoms with van der Waals surface area (Å²) in [5, 5.41) is 3.56. The second-order valence-corrected chi connectivity index (χ2v) is 5.81. The first kappa shape index (κ1) is 15.3. The molecule has 0 aromatic heterocycles. The molecule has 0 aromatic rings. The number of nitrogens with zero attached hydrogens (tertiary/aromatic N) is 1. The van der Waals surface area contributed by atoms with Gasteiger partial charge >= 0.3 is 0 Å². The summed E-state index contributed by atoms with van der Waals surface area (Å²) >= 11 is 0. The summed E-state index contributed by atoms with van der Waals surface area (Å²) in [6.45, 7) is 8.45. The number of hydrogen-bond donors (Lipinski definition) is 1. The molecular weight excluding hydrogens is 232 g/mol. The normalized spacial score (nSPS) is 32.1. The van der Waals surface area contributed by atoms with Crippen molar-refractivity contribution in [2.75, 3.05) is 19.6 Å². The van der Waals surface area contributed by atoms with Gasteiger partial charge in [-0.2, -0.15) is 0 Å². The minimum absolute atomic E-state index is 0. The molecule has 2 atom stereocenters. The van der Waals surface area contributed by atoms with Crippen LogP contribution in [0.3, 0.4) is 0 Å². The minimum Gasteiger partial charge on any atom is -0.311 e. The van der Waals surface area contributed by atoms with Crippen LogP contribution in [0, 0.1) is 5.92 Å². The summed E-state index contributed by atoms with van der Waals surface area (Å²) in [7, 11) is 0. The summed E-state index contributed by atoms with van der Waals surface area (Å²) in [5.74, 6) is 1.03. The van der Waals surface area contributed by atoms with E-state index in [1.54, 1.807) is 0 Å². The second kappa shape index (κ2) is 7.60. The standard InChI is InChI=1S/C14H28N2.ClH/c1-12-13(2)16(11-9-15-12)10-8-14-6-4-3-5-7-14;/h12-15H,3-11H2,1-2H3;1H. The summed E-state index contributed by atoms with van der Waals surface area (Å²) in [4.78, 5) is 2.69. The molecule has 1 aliphatic heterocycles. The highest BCUT2D eigenvalue weighted by atomic mass is 35.5. The fraction of sp³-hybridized carbons (Fsp3) is 1.00. The van der Waals surface area contributed by atoms with E-state index in [-0.39, 0.29) is 12.4 Å². The van der Waals surface area contributed by atoms with Gasteiger partial charge in [0.2, 0.25) is 0 Å². The van der Waals surface area contributed by atoms with Gasteiger partial charge in [-0.25, -0.2) is 0 Å². The van der Waals surface area contributed by atoms with Crippen molar-refractivity contribution in [1.29, 1.82) is 0 Å². The van der Waals surface area contributed by atoms with Crippen molar-refractivity contribution in [3.63, 3.8) is 0 Å². The molecule has 17 heavy (non-hydrogen) atoms. The first-order valence-corrected chi connectivity index (χ1v) is 7.25. The number of nitrogens with one attached hydrogen (secondary N) is 1. The number of piperazine rings is 1. The summed E-state index contributed by atoms with van der Waals surface area (Å²) < 4.78 is 0. The smallest absolute Gasteiger partial charge is 0.0218 e. The molecule has 1 N–H and O–H groups in total. The highest BCUT2D eigenvalue weighted by Gasteiger charge is 2.24. The van der Waals surface area contributed by atoms with Gasteiger partial charge in [0.1, 0.15) is 0 Å². The van der Waals surface area contributed by atoms with Gasteiger partial charge in [-0.1, -0.05) is 32.1 Å². The Kier molecular flexibility index (Phi) is 6.83. The first-order valence-electron chi connectivity index (χ1n) is 7.25. The van der Waals surface area contributed by atoms with Crippen LogP contribution in [0.25, 0.3) is 0 Å². The van der Waals surface area contributed by atoms with Crippen LogP contribution in [0.1, 0.15) is 52.4 Å². The fourth-order valence-corrected chi connectivity index (χ4v) is 3.27. The zero-order valence-electron chi connectivity index (χ0n) is 11.5. The average molecular weight is 261 g/mol. The van der Waals surface area contributed by atoms with Crippen LogP contribution in [0.2, 0.25) is 0 Å². The van der Waals surface area contributed by atoms with Crippen LogP contribution in [0.15, 0.2) is 0 Å². The van der Waals surface area contributed by atoms with Crippen LogP contribution in [-0.2, 0) is 0 Å². The summed E-state index contributed by atoms with van der Waals surface area (Å²) in [6.07, 6.45) is 8.89. The zero-order valence-corrected chi connectivity index (χ0v) is 12.3. The molecule has 2 aliphatic rings. The Labute approximate surface area is 113 Å². The van der Waals surface area contributed by atoms with E-state index in [1.165, 1.54) is 58.2 Å². The highest BCUT2D eigenvalue weighted by molar-refractivity contribution is 5.85. The average Bonchev–Trinajstić information content (AvgIpc) is 2.32. The van der Waals surface area contributed by atoms with Gasteiger partial charge in [0.25, 0.3) is 0 Å². The Balaban J connectivity index is 0.00000144. The lowest BCUT2D eigenvalue weighted by molar-refractivity contribution is 0.125. The third kappa shape index (κ3) is 4.42. The maximum atomic E-state index is 3.56. The van der Waals surface area contributed by atoms with Gasteiger partial charge in [0.05, 0.1) is 0 Å². The molecule has 1 aliphatic carbocycles. The molecule has 3 heteroatoms. The van der Waals surface area contributed by atoms with Crippen molar-refractivity contribution in [1.82, 2.24) is 10.2 Å². The molecule has 2 nitrogen and oxygen atoms in total. The van der Waals surface area contributed by atoms with E-state index in [2.05, 4.69) is 24.1 Å². The third-order valence-corrected chi connectivity index (χ3v) is 4.71. The van der Waals surface area contributed by atoms with E-state index in [0.717, 1.165) is 12.0 Å². The molecule has 0 radical (unpaired) electrons. The highest BCUT2D eigenvalue weighted by Crippen LogP contribution is 2.26. The van der Waals surface area contributed by atoms with Gasteiger partial charge in [-0.3, -0.25) is 4.90 Å². The van der Waals surface area contributed by atoms with Crippen molar-refractivity contribution in [3.05, 3.63) is 0 Å². The van der Waals surface area contributed by atoms with Crippen molar-refractivity contribution in [3.8, 4) is 0 Å². The van der Waals surface area contributed by atoms with Crippen molar-refractivity contribution in [2.24, 2.45) is 5.92 Å². The monoisotopic (exact) mass is 260 g/mol. The van der Waals surface area contributed by atoms with Crippen LogP contribution in [0.4, 0.5) is 0 Å². The Morgan fingerprint density at radius 3 is 2.53 bits per heavy atom. The van der Waals surface area contributed by atoms with Gasteiger partial charge in [-0.15, -0.1) is 12.4 Å². The summed E-state index contributed by atoms with van der Waals surface area (Å²) in [6, 6.07) is 1.39. The molecule has 0 aromatic carbocycles. The largest absolute Gasteiger partial charge is 0.311 e. The minimum atomic E-state index is 0. The predicted octanol–water partition coefficient (Wildman–Crippen LogP) is 3.06. The lowest BCUT2D eigenvalue weighted by Crippen LogP contribution is -2.55. The third-order valence-electron chi connectivity index (χ3n) is 4.71. The van der Waals surface area contributed by atoms with Gasteiger partial charge in [-0.05, 0) is 32.7 Å². The van der Waals surface area contributed by atoms with E-state index in [9.17, 15) is 0 Å². The quantitative estimate of drug-likeness (QED) is 0.839. The predicted molar refractivity (Wildman–Crippen MR) is 76.9 cm³/mol. The fourth-order valence-electron chi connectivity index (χ4n) is 3.27. The number of rotatable bonds is 3. The molecule has 1 saturated heterocycles. The molecule has 0 amide bonds. The van der Waals surface area contributed by atoms with Crippen molar-refractivity contribution in [2.45, 2.75) is 64.5 Å². The molecule has 2 rings (SSSR count). The lowest BCUT2D eigenvalue weighted by Gasteiger charge is -2.39. The molecule has 102 valence electrons. The van der Waals surface area contributed by atoms with E-state index < -0.39 is 0 Å². The van der Waals surface area contributed by atoms with Crippen LogP contribution in [0.5, 0.6) is 0 Å². The zero-order chi connectivity index (χ0) is 11.4. The molecule has 2 unspecified atom stereocenters. The Hall–Kier alpha value is 0.210. The SMILES string of the molecule is CC1NCCN(CCC2CCCCC2)C1C.Cl. The van der Waals surface area contributed by atoms with Gasteiger partial charge in [0.15, 0.2) is 0 Å². The molecular formula is C14H29ClN2. The Bertz CT molecular complexity index is 204. The Morgan fingerprint density at radius 2 is 1.82 bits per heavy atom. The van der Waals surface area contributed by atoms with E-state index in [0.29, 0.717) is 6.04 Å². The molecule has 2 fully saturated rings. The van der Waals surface area contributed by atoms with Crippen LogP contribution >= 0.6 is 12.4 Å². The molecule has 1 heterocycles. The molecule has 0 bridgehead atoms. The van der Waals surface area contributed by atoms with E-state index >= 15 is 0 Å². The Morgan fingerprint density at radius 1 is 1.12 bits per heavy atom. The summed E-state index contributed by atoms with van der Waals surface area (Å²) in [5.41, 5.74) is 0. The maximum absolute atomic E-state index is 3.56. The second-order valence-electron chi connectivity index (χ2n) is 5.81. The maximum Gasteiger partial charge on any atom is 0.0218 e. The van der Waals surface area contributed by atoms with E-state index in [1.807, 2.05) is 0 Å². The molecule has 1 saturated carbocycles.